The monoisotopic (exact) mass is 313 g/mol. The first-order valence-corrected chi connectivity index (χ1v) is 6.77. The second-order valence-corrected chi connectivity index (χ2v) is 5.02. The Morgan fingerprint density at radius 1 is 1.27 bits per heavy atom. The molecule has 0 unspecified atom stereocenters. The molecule has 1 aliphatic rings. The quantitative estimate of drug-likeness (QED) is 0.473. The first kappa shape index (κ1) is 16.7. The maximum Gasteiger partial charge on any atom is 0.229 e. The first-order valence-electron chi connectivity index (χ1n) is 6.77. The van der Waals surface area contributed by atoms with Gasteiger partial charge in [-0.1, -0.05) is 6.07 Å². The lowest BCUT2D eigenvalue weighted by atomic mass is 9.99. The molecule has 1 aromatic carbocycles. The molecule has 2 rings (SSSR count). The minimum absolute atomic E-state index is 0.245. The van der Waals surface area contributed by atoms with Crippen molar-refractivity contribution in [2.45, 2.75) is 37.6 Å². The maximum absolute atomic E-state index is 11.0. The smallest absolute Gasteiger partial charge is 0.229 e. The SMILES string of the molecule is CC(=O)Nc1cccc(O[C@H]2O[C@H](CO)[C@@H](O)[C@H](O)[C@H]2O)c1. The lowest BCUT2D eigenvalue weighted by molar-refractivity contribution is -0.277. The van der Waals surface area contributed by atoms with Crippen LogP contribution in [0.2, 0.25) is 0 Å². The average molecular weight is 313 g/mol. The van der Waals surface area contributed by atoms with Crippen molar-refractivity contribution in [1.82, 2.24) is 0 Å². The van der Waals surface area contributed by atoms with Crippen LogP contribution in [0.15, 0.2) is 24.3 Å². The molecule has 8 nitrogen and oxygen atoms in total. The van der Waals surface area contributed by atoms with E-state index in [-0.39, 0.29) is 11.7 Å². The molecule has 1 fully saturated rings. The van der Waals surface area contributed by atoms with Gasteiger partial charge in [0.05, 0.1) is 6.61 Å². The van der Waals surface area contributed by atoms with E-state index in [2.05, 4.69) is 5.32 Å². The van der Waals surface area contributed by atoms with Crippen LogP contribution in [0.4, 0.5) is 5.69 Å². The molecule has 5 atom stereocenters. The molecule has 0 aromatic heterocycles. The van der Waals surface area contributed by atoms with E-state index in [1.165, 1.54) is 13.0 Å². The van der Waals surface area contributed by atoms with Crippen LogP contribution in [0.1, 0.15) is 6.92 Å². The van der Waals surface area contributed by atoms with Crippen LogP contribution in [-0.2, 0) is 9.53 Å². The summed E-state index contributed by atoms with van der Waals surface area (Å²) in [5.74, 6) is 0.0422. The van der Waals surface area contributed by atoms with Gasteiger partial charge in [0.15, 0.2) is 0 Å². The van der Waals surface area contributed by atoms with Gasteiger partial charge in [-0.15, -0.1) is 0 Å². The number of benzene rings is 1. The van der Waals surface area contributed by atoms with Crippen LogP contribution in [0.3, 0.4) is 0 Å². The Morgan fingerprint density at radius 2 is 2.00 bits per heavy atom. The molecule has 22 heavy (non-hydrogen) atoms. The van der Waals surface area contributed by atoms with E-state index in [1.807, 2.05) is 0 Å². The van der Waals surface area contributed by atoms with Crippen LogP contribution in [0, 0.1) is 0 Å². The first-order chi connectivity index (χ1) is 10.4. The van der Waals surface area contributed by atoms with Gasteiger partial charge in [-0.25, -0.2) is 0 Å². The second-order valence-electron chi connectivity index (χ2n) is 5.02. The molecular weight excluding hydrogens is 294 g/mol. The number of aliphatic hydroxyl groups is 4. The van der Waals surface area contributed by atoms with Crippen molar-refractivity contribution in [3.8, 4) is 5.75 Å². The molecule has 1 heterocycles. The molecule has 0 spiro atoms. The molecular formula is C14H19NO7. The van der Waals surface area contributed by atoms with Crippen molar-refractivity contribution in [3.63, 3.8) is 0 Å². The van der Waals surface area contributed by atoms with E-state index < -0.39 is 37.3 Å². The zero-order chi connectivity index (χ0) is 16.3. The normalized spacial score (nSPS) is 31.6. The minimum Gasteiger partial charge on any atom is -0.462 e. The van der Waals surface area contributed by atoms with Crippen molar-refractivity contribution in [2.24, 2.45) is 0 Å². The Bertz CT molecular complexity index is 522. The zero-order valence-electron chi connectivity index (χ0n) is 11.9. The van der Waals surface area contributed by atoms with Crippen LogP contribution in [0.5, 0.6) is 5.75 Å². The number of nitrogens with one attached hydrogen (secondary N) is 1. The Labute approximate surface area is 126 Å². The van der Waals surface area contributed by atoms with E-state index in [0.717, 1.165) is 0 Å². The number of carbonyl (C=O) groups excluding carboxylic acids is 1. The van der Waals surface area contributed by atoms with Gasteiger partial charge in [-0.2, -0.15) is 0 Å². The number of hydrogen-bond acceptors (Lipinski definition) is 7. The largest absolute Gasteiger partial charge is 0.462 e. The highest BCUT2D eigenvalue weighted by Gasteiger charge is 2.44. The molecule has 0 aliphatic carbocycles. The Hall–Kier alpha value is -1.71. The fraction of sp³-hybridized carbons (Fsp3) is 0.500. The Balaban J connectivity index is 2.10. The molecule has 1 aromatic rings. The molecule has 5 N–H and O–H groups in total. The number of hydrogen-bond donors (Lipinski definition) is 5. The summed E-state index contributed by atoms with van der Waals surface area (Å²) in [5.41, 5.74) is 0.495. The van der Waals surface area contributed by atoms with Gasteiger partial charge in [-0.05, 0) is 12.1 Å². The highest BCUT2D eigenvalue weighted by atomic mass is 16.7. The third kappa shape index (κ3) is 3.73. The van der Waals surface area contributed by atoms with Crippen LogP contribution >= 0.6 is 0 Å². The van der Waals surface area contributed by atoms with Crippen molar-refractivity contribution in [2.75, 3.05) is 11.9 Å². The van der Waals surface area contributed by atoms with Crippen molar-refractivity contribution >= 4 is 11.6 Å². The summed E-state index contributed by atoms with van der Waals surface area (Å²) >= 11 is 0. The van der Waals surface area contributed by atoms with E-state index in [9.17, 15) is 20.1 Å². The van der Waals surface area contributed by atoms with Gasteiger partial charge in [-0.3, -0.25) is 4.79 Å². The van der Waals surface area contributed by atoms with Gasteiger partial charge < -0.3 is 35.2 Å². The molecule has 1 aliphatic heterocycles. The minimum atomic E-state index is -1.51. The summed E-state index contributed by atoms with van der Waals surface area (Å²) in [6.07, 6.45) is -6.73. The Kier molecular flexibility index (Phi) is 5.33. The summed E-state index contributed by atoms with van der Waals surface area (Å²) in [6, 6.07) is 6.38. The number of anilines is 1. The average Bonchev–Trinajstić information content (AvgIpc) is 2.47. The fourth-order valence-electron chi connectivity index (χ4n) is 2.15. The van der Waals surface area contributed by atoms with Crippen LogP contribution in [0.25, 0.3) is 0 Å². The van der Waals surface area contributed by atoms with E-state index in [1.54, 1.807) is 18.2 Å². The topological polar surface area (TPSA) is 128 Å². The third-order valence-corrected chi connectivity index (χ3v) is 3.26. The summed E-state index contributed by atoms with van der Waals surface area (Å²) < 4.78 is 10.7. The van der Waals surface area contributed by atoms with Crippen molar-refractivity contribution < 1.29 is 34.7 Å². The summed E-state index contributed by atoms with van der Waals surface area (Å²) in [6.45, 7) is 0.835. The van der Waals surface area contributed by atoms with E-state index in [4.69, 9.17) is 14.6 Å². The van der Waals surface area contributed by atoms with E-state index >= 15 is 0 Å². The zero-order valence-corrected chi connectivity index (χ0v) is 11.9. The predicted octanol–water partition coefficient (Wildman–Crippen LogP) is -1.18. The van der Waals surface area contributed by atoms with Gasteiger partial charge in [0.2, 0.25) is 12.2 Å². The van der Waals surface area contributed by atoms with Gasteiger partial charge in [0.25, 0.3) is 0 Å². The Morgan fingerprint density at radius 3 is 2.64 bits per heavy atom. The number of ether oxygens (including phenoxy) is 2. The number of amides is 1. The van der Waals surface area contributed by atoms with Gasteiger partial charge in [0.1, 0.15) is 30.2 Å². The molecule has 0 radical (unpaired) electrons. The summed E-state index contributed by atoms with van der Waals surface area (Å²) in [4.78, 5) is 11.0. The van der Waals surface area contributed by atoms with Gasteiger partial charge in [0, 0.05) is 18.7 Å². The highest BCUT2D eigenvalue weighted by molar-refractivity contribution is 5.88. The maximum atomic E-state index is 11.0. The lowest BCUT2D eigenvalue weighted by Crippen LogP contribution is -2.60. The van der Waals surface area contributed by atoms with Crippen LogP contribution in [-0.4, -0.2) is 63.6 Å². The molecule has 1 saturated heterocycles. The number of rotatable bonds is 4. The highest BCUT2D eigenvalue weighted by Crippen LogP contribution is 2.25. The molecule has 0 bridgehead atoms. The summed E-state index contributed by atoms with van der Waals surface area (Å²) in [7, 11) is 0. The third-order valence-electron chi connectivity index (χ3n) is 3.26. The standard InChI is InChI=1S/C14H19NO7/c1-7(17)15-8-3-2-4-9(5-8)21-14-13(20)12(19)11(18)10(6-16)22-14/h2-5,10-14,16,18-20H,6H2,1H3,(H,15,17)/t10-,11-,12+,13-,14+/m1/s1. The molecule has 1 amide bonds. The molecule has 0 saturated carbocycles. The van der Waals surface area contributed by atoms with Crippen molar-refractivity contribution in [3.05, 3.63) is 24.3 Å². The second kappa shape index (κ2) is 7.03. The van der Waals surface area contributed by atoms with Crippen molar-refractivity contribution in [1.29, 1.82) is 0 Å². The number of carbonyl (C=O) groups is 1. The number of aliphatic hydroxyl groups excluding tert-OH is 4. The summed E-state index contributed by atoms with van der Waals surface area (Å²) in [5, 5.41) is 41.0. The molecule has 8 heteroatoms. The molecule has 122 valence electrons. The lowest BCUT2D eigenvalue weighted by Gasteiger charge is -2.39. The van der Waals surface area contributed by atoms with Gasteiger partial charge >= 0.3 is 0 Å². The van der Waals surface area contributed by atoms with Crippen LogP contribution < -0.4 is 10.1 Å². The predicted molar refractivity (Wildman–Crippen MR) is 75.1 cm³/mol. The fourth-order valence-corrected chi connectivity index (χ4v) is 2.15. The van der Waals surface area contributed by atoms with E-state index in [0.29, 0.717) is 5.69 Å².